The first-order valence-electron chi connectivity index (χ1n) is 4.94. The zero-order chi connectivity index (χ0) is 13.9. The smallest absolute Gasteiger partial charge is 0.336 e. The molecule has 1 aromatic carbocycles. The first kappa shape index (κ1) is 15.3. The Morgan fingerprint density at radius 1 is 1.50 bits per heavy atom. The van der Waals surface area contributed by atoms with E-state index in [-0.39, 0.29) is 17.1 Å². The second-order valence-electron chi connectivity index (χ2n) is 3.65. The van der Waals surface area contributed by atoms with Gasteiger partial charge in [0.25, 0.3) is 0 Å². The highest BCUT2D eigenvalue weighted by Crippen LogP contribution is 2.18. The average Bonchev–Trinajstić information content (AvgIpc) is 2.28. The number of carboxylic acid groups (broad SMARTS) is 1. The largest absolute Gasteiger partial charge is 0.478 e. The Labute approximate surface area is 118 Å². The van der Waals surface area contributed by atoms with Gasteiger partial charge in [0.2, 0.25) is 10.0 Å². The van der Waals surface area contributed by atoms with Crippen LogP contribution in [0.15, 0.2) is 23.1 Å². The average molecular weight is 385 g/mol. The molecule has 0 radical (unpaired) electrons. The summed E-state index contributed by atoms with van der Waals surface area (Å²) in [6.45, 7) is 1.16. The standard InChI is InChI=1S/C10H12INO5S/c1-6(5-13)12-18(16,17)7-2-3-9(11)8(4-7)10(14)15/h2-4,6,12-13H,5H2,1H3,(H,14,15). The van der Waals surface area contributed by atoms with Gasteiger partial charge in [-0.25, -0.2) is 17.9 Å². The van der Waals surface area contributed by atoms with Gasteiger partial charge in [0.1, 0.15) is 0 Å². The maximum Gasteiger partial charge on any atom is 0.336 e. The van der Waals surface area contributed by atoms with Crippen LogP contribution in [-0.4, -0.2) is 37.2 Å². The highest BCUT2D eigenvalue weighted by atomic mass is 127. The molecule has 100 valence electrons. The van der Waals surface area contributed by atoms with Crippen LogP contribution < -0.4 is 4.72 Å². The van der Waals surface area contributed by atoms with Crippen LogP contribution in [0, 0.1) is 3.57 Å². The van der Waals surface area contributed by atoms with Gasteiger partial charge in [-0.1, -0.05) is 0 Å². The number of hydrogen-bond acceptors (Lipinski definition) is 4. The van der Waals surface area contributed by atoms with Crippen molar-refractivity contribution in [2.75, 3.05) is 6.61 Å². The van der Waals surface area contributed by atoms with E-state index in [0.717, 1.165) is 6.07 Å². The zero-order valence-electron chi connectivity index (χ0n) is 9.42. The summed E-state index contributed by atoms with van der Waals surface area (Å²) in [7, 11) is -3.82. The number of aliphatic hydroxyl groups excluding tert-OH is 1. The molecule has 0 amide bonds. The number of aromatic carboxylic acids is 1. The normalized spacial score (nSPS) is 13.3. The summed E-state index contributed by atoms with van der Waals surface area (Å²) in [5.41, 5.74) is -0.0740. The fourth-order valence-electron chi connectivity index (χ4n) is 1.21. The maximum atomic E-state index is 11.9. The molecule has 1 rings (SSSR count). The molecule has 0 saturated carbocycles. The van der Waals surface area contributed by atoms with Gasteiger partial charge in [0.05, 0.1) is 17.1 Å². The monoisotopic (exact) mass is 385 g/mol. The Morgan fingerprint density at radius 3 is 2.61 bits per heavy atom. The number of hydrogen-bond donors (Lipinski definition) is 3. The Kier molecular flexibility index (Phi) is 5.08. The lowest BCUT2D eigenvalue weighted by molar-refractivity contribution is 0.0695. The van der Waals surface area contributed by atoms with Crippen molar-refractivity contribution in [1.82, 2.24) is 4.72 Å². The molecule has 0 fully saturated rings. The summed E-state index contributed by atoms with van der Waals surface area (Å²) in [5.74, 6) is -1.19. The number of benzene rings is 1. The van der Waals surface area contributed by atoms with Gasteiger partial charge in [-0.05, 0) is 47.7 Å². The summed E-state index contributed by atoms with van der Waals surface area (Å²) in [6, 6.07) is 3.20. The maximum absolute atomic E-state index is 11.9. The third-order valence-electron chi connectivity index (χ3n) is 2.11. The van der Waals surface area contributed by atoms with Crippen LogP contribution in [-0.2, 0) is 10.0 Å². The van der Waals surface area contributed by atoms with Gasteiger partial charge in [0.15, 0.2) is 0 Å². The molecule has 0 aliphatic carbocycles. The summed E-state index contributed by atoms with van der Waals surface area (Å²) in [6.07, 6.45) is 0. The Hall–Kier alpha value is -0.710. The van der Waals surface area contributed by atoms with Crippen molar-refractivity contribution in [3.63, 3.8) is 0 Å². The van der Waals surface area contributed by atoms with E-state index >= 15 is 0 Å². The molecule has 0 saturated heterocycles. The van der Waals surface area contributed by atoms with Crippen LogP contribution in [0.1, 0.15) is 17.3 Å². The van der Waals surface area contributed by atoms with Crippen LogP contribution in [0.3, 0.4) is 0 Å². The third kappa shape index (κ3) is 3.64. The molecule has 8 heteroatoms. The van der Waals surface area contributed by atoms with Crippen molar-refractivity contribution < 1.29 is 23.4 Å². The van der Waals surface area contributed by atoms with Crippen molar-refractivity contribution in [1.29, 1.82) is 0 Å². The summed E-state index contributed by atoms with van der Waals surface area (Å²) >= 11 is 1.82. The van der Waals surface area contributed by atoms with Crippen molar-refractivity contribution in [2.24, 2.45) is 0 Å². The number of nitrogens with one attached hydrogen (secondary N) is 1. The lowest BCUT2D eigenvalue weighted by Crippen LogP contribution is -2.35. The number of carbonyl (C=O) groups is 1. The Bertz CT molecular complexity index is 557. The molecule has 18 heavy (non-hydrogen) atoms. The van der Waals surface area contributed by atoms with Gasteiger partial charge in [0, 0.05) is 9.61 Å². The molecular weight excluding hydrogens is 373 g/mol. The topological polar surface area (TPSA) is 104 Å². The van der Waals surface area contributed by atoms with E-state index in [0.29, 0.717) is 3.57 Å². The molecule has 6 nitrogen and oxygen atoms in total. The van der Waals surface area contributed by atoms with Crippen LogP contribution in [0.5, 0.6) is 0 Å². The highest BCUT2D eigenvalue weighted by molar-refractivity contribution is 14.1. The van der Waals surface area contributed by atoms with E-state index in [1.54, 1.807) is 0 Å². The quantitative estimate of drug-likeness (QED) is 0.646. The van der Waals surface area contributed by atoms with Crippen LogP contribution in [0.2, 0.25) is 0 Å². The van der Waals surface area contributed by atoms with Gasteiger partial charge < -0.3 is 10.2 Å². The van der Waals surface area contributed by atoms with E-state index in [1.807, 2.05) is 22.6 Å². The minimum atomic E-state index is -3.82. The van der Waals surface area contributed by atoms with E-state index in [2.05, 4.69) is 4.72 Å². The molecule has 1 aromatic rings. The number of halogens is 1. The van der Waals surface area contributed by atoms with Crippen LogP contribution >= 0.6 is 22.6 Å². The Balaban J connectivity index is 3.18. The molecular formula is C10H12INO5S. The minimum absolute atomic E-state index is 0.0740. The van der Waals surface area contributed by atoms with E-state index < -0.39 is 22.0 Å². The first-order valence-corrected chi connectivity index (χ1v) is 7.50. The van der Waals surface area contributed by atoms with Gasteiger partial charge in [-0.2, -0.15) is 0 Å². The van der Waals surface area contributed by atoms with Crippen LogP contribution in [0.4, 0.5) is 0 Å². The predicted octanol–water partition coefficient (Wildman–Crippen LogP) is 0.649. The summed E-state index contributed by atoms with van der Waals surface area (Å²) in [4.78, 5) is 10.8. The van der Waals surface area contributed by atoms with Crippen molar-refractivity contribution in [3.8, 4) is 0 Å². The van der Waals surface area contributed by atoms with Crippen molar-refractivity contribution >= 4 is 38.6 Å². The second kappa shape index (κ2) is 5.95. The zero-order valence-corrected chi connectivity index (χ0v) is 12.4. The third-order valence-corrected chi connectivity index (χ3v) is 4.64. The van der Waals surface area contributed by atoms with Gasteiger partial charge >= 0.3 is 5.97 Å². The van der Waals surface area contributed by atoms with E-state index in [9.17, 15) is 13.2 Å². The molecule has 3 N–H and O–H groups in total. The second-order valence-corrected chi connectivity index (χ2v) is 6.53. The first-order chi connectivity index (χ1) is 8.27. The van der Waals surface area contributed by atoms with Crippen molar-refractivity contribution in [3.05, 3.63) is 27.3 Å². The predicted molar refractivity (Wildman–Crippen MR) is 73.0 cm³/mol. The molecule has 0 aliphatic rings. The number of aliphatic hydroxyl groups is 1. The summed E-state index contributed by atoms with van der Waals surface area (Å²) < 4.78 is 26.4. The molecule has 0 bridgehead atoms. The van der Waals surface area contributed by atoms with Gasteiger partial charge in [-0.15, -0.1) is 0 Å². The number of rotatable bonds is 5. The molecule has 1 unspecified atom stereocenters. The molecule has 0 aliphatic heterocycles. The van der Waals surface area contributed by atoms with E-state index in [4.69, 9.17) is 10.2 Å². The number of carboxylic acids is 1. The fourth-order valence-corrected chi connectivity index (χ4v) is 3.03. The highest BCUT2D eigenvalue weighted by Gasteiger charge is 2.19. The number of sulfonamides is 1. The molecule has 1 atom stereocenters. The summed E-state index contributed by atoms with van der Waals surface area (Å²) in [5, 5.41) is 17.7. The fraction of sp³-hybridized carbons (Fsp3) is 0.300. The molecule has 0 heterocycles. The van der Waals surface area contributed by atoms with E-state index in [1.165, 1.54) is 19.1 Å². The molecule has 0 aromatic heterocycles. The minimum Gasteiger partial charge on any atom is -0.478 e. The lowest BCUT2D eigenvalue weighted by atomic mass is 10.2. The lowest BCUT2D eigenvalue weighted by Gasteiger charge is -2.12. The Morgan fingerprint density at radius 2 is 2.11 bits per heavy atom. The van der Waals surface area contributed by atoms with Crippen molar-refractivity contribution in [2.45, 2.75) is 17.9 Å². The molecule has 0 spiro atoms. The van der Waals surface area contributed by atoms with Gasteiger partial charge in [-0.3, -0.25) is 0 Å². The SMILES string of the molecule is CC(CO)NS(=O)(=O)c1ccc(I)c(C(=O)O)c1. The van der Waals surface area contributed by atoms with Crippen LogP contribution in [0.25, 0.3) is 0 Å².